The Kier molecular flexibility index (Phi) is 9.71. The van der Waals surface area contributed by atoms with Gasteiger partial charge in [-0.15, -0.1) is 0 Å². The predicted octanol–water partition coefficient (Wildman–Crippen LogP) is 8.72. The number of benzene rings is 3. The van der Waals surface area contributed by atoms with Crippen LogP contribution in [0.4, 0.5) is 35.5 Å². The molecule has 0 N–H and O–H groups in total. The van der Waals surface area contributed by atoms with Crippen molar-refractivity contribution in [1.29, 1.82) is 0 Å². The lowest BCUT2D eigenvalue weighted by atomic mass is 9.70. The van der Waals surface area contributed by atoms with Crippen molar-refractivity contribution in [3.8, 4) is 0 Å². The first-order valence-electron chi connectivity index (χ1n) is 15.8. The van der Waals surface area contributed by atoms with Gasteiger partial charge in [0, 0.05) is 19.6 Å². The van der Waals surface area contributed by atoms with Crippen molar-refractivity contribution in [2.45, 2.75) is 75.9 Å². The summed E-state index contributed by atoms with van der Waals surface area (Å²) in [5.41, 5.74) is -1.62. The van der Waals surface area contributed by atoms with Gasteiger partial charge in [0.2, 0.25) is 0 Å². The molecule has 3 atom stereocenters. The summed E-state index contributed by atoms with van der Waals surface area (Å²) >= 11 is 0. The summed E-state index contributed by atoms with van der Waals surface area (Å²) in [7, 11) is 1.35. The molecule has 0 spiro atoms. The lowest BCUT2D eigenvalue weighted by Gasteiger charge is -2.45. The molecule has 0 saturated carbocycles. The van der Waals surface area contributed by atoms with Crippen LogP contribution >= 0.6 is 0 Å². The molecule has 0 aliphatic carbocycles. The van der Waals surface area contributed by atoms with Crippen LogP contribution in [-0.2, 0) is 22.6 Å². The van der Waals surface area contributed by atoms with E-state index in [1.54, 1.807) is 24.8 Å². The number of hydrogen-bond acceptors (Lipinski definition) is 3. The molecule has 2 aliphatic heterocycles. The second-order valence-electron chi connectivity index (χ2n) is 12.9. The van der Waals surface area contributed by atoms with Crippen LogP contribution in [0.2, 0.25) is 0 Å². The van der Waals surface area contributed by atoms with E-state index in [1.165, 1.54) is 26.1 Å². The van der Waals surface area contributed by atoms with Gasteiger partial charge in [-0.2, -0.15) is 26.3 Å². The van der Waals surface area contributed by atoms with E-state index in [9.17, 15) is 40.3 Å². The Hall–Kier alpha value is -3.93. The molecule has 12 heteroatoms. The molecule has 0 aromatic heterocycles. The van der Waals surface area contributed by atoms with Gasteiger partial charge in [0.05, 0.1) is 28.6 Å². The highest BCUT2D eigenvalue weighted by Gasteiger charge is 2.47. The number of hydrogen-bond donors (Lipinski definition) is 0. The zero-order valence-corrected chi connectivity index (χ0v) is 27.1. The second-order valence-corrected chi connectivity index (χ2v) is 12.9. The molecule has 0 bridgehead atoms. The van der Waals surface area contributed by atoms with Crippen molar-refractivity contribution >= 4 is 11.8 Å². The number of piperidine rings is 1. The second kappa shape index (κ2) is 13.2. The van der Waals surface area contributed by atoms with Crippen LogP contribution in [0.15, 0.2) is 66.7 Å². The van der Waals surface area contributed by atoms with E-state index in [0.29, 0.717) is 55.6 Å². The van der Waals surface area contributed by atoms with Gasteiger partial charge >= 0.3 is 18.4 Å². The number of urea groups is 1. The fourth-order valence-electron chi connectivity index (χ4n) is 7.37. The SMILES string of the molecule is CC(=O)C1(c2ccccc2)CCN(C2CCN(C(=O)N(C)[C@@H](C)c3cc(C(F)(F)F)cc(C(F)(F)F)c3)C2c2ccc(F)cc2C)CC1. The van der Waals surface area contributed by atoms with Crippen LogP contribution in [0, 0.1) is 12.7 Å². The largest absolute Gasteiger partial charge is 0.416 e. The molecule has 2 heterocycles. The number of alkyl halides is 6. The van der Waals surface area contributed by atoms with E-state index in [-0.39, 0.29) is 30.0 Å². The van der Waals surface area contributed by atoms with Crippen LogP contribution in [0.25, 0.3) is 0 Å². The van der Waals surface area contributed by atoms with Gasteiger partial charge in [0.1, 0.15) is 11.6 Å². The summed E-state index contributed by atoms with van der Waals surface area (Å²) in [6.45, 7) is 6.07. The van der Waals surface area contributed by atoms with Crippen LogP contribution in [0.5, 0.6) is 0 Å². The number of carbonyl (C=O) groups excluding carboxylic acids is 2. The van der Waals surface area contributed by atoms with Crippen LogP contribution in [0.3, 0.4) is 0 Å². The summed E-state index contributed by atoms with van der Waals surface area (Å²) < 4.78 is 95.9. The number of carbonyl (C=O) groups is 2. The molecule has 2 amide bonds. The molecule has 2 aliphatic rings. The number of rotatable bonds is 6. The van der Waals surface area contributed by atoms with Gasteiger partial charge in [-0.3, -0.25) is 9.69 Å². The molecule has 3 aromatic rings. The maximum absolute atomic E-state index is 14.2. The number of halogens is 7. The van der Waals surface area contributed by atoms with Gasteiger partial charge in [-0.05, 0) is 106 Å². The number of aryl methyl sites for hydroxylation is 1. The topological polar surface area (TPSA) is 43.9 Å². The molecule has 2 unspecified atom stereocenters. The van der Waals surface area contributed by atoms with Gasteiger partial charge in [-0.1, -0.05) is 36.4 Å². The maximum Gasteiger partial charge on any atom is 0.416 e. The molecule has 48 heavy (non-hydrogen) atoms. The normalized spacial score (nSPS) is 20.9. The molecule has 5 rings (SSSR count). The van der Waals surface area contributed by atoms with Crippen molar-refractivity contribution in [2.24, 2.45) is 0 Å². The van der Waals surface area contributed by atoms with E-state index >= 15 is 0 Å². The van der Waals surface area contributed by atoms with E-state index in [4.69, 9.17) is 0 Å². The summed E-state index contributed by atoms with van der Waals surface area (Å²) in [5.74, 6) is -0.382. The Morgan fingerprint density at radius 3 is 1.98 bits per heavy atom. The zero-order chi connectivity index (χ0) is 35.2. The average Bonchev–Trinajstić information content (AvgIpc) is 3.47. The Morgan fingerprint density at radius 2 is 1.46 bits per heavy atom. The third kappa shape index (κ3) is 6.81. The zero-order valence-electron chi connectivity index (χ0n) is 27.1. The van der Waals surface area contributed by atoms with Crippen LogP contribution in [0.1, 0.15) is 78.6 Å². The smallest absolute Gasteiger partial charge is 0.321 e. The monoisotopic (exact) mass is 677 g/mol. The van der Waals surface area contributed by atoms with E-state index in [1.807, 2.05) is 30.3 Å². The molecule has 5 nitrogen and oxygen atoms in total. The van der Waals surface area contributed by atoms with Crippen molar-refractivity contribution in [3.63, 3.8) is 0 Å². The number of Topliss-reactive ketones (excluding diaryl/α,β-unsaturated/α-hetero) is 1. The van der Waals surface area contributed by atoms with Crippen LogP contribution in [-0.4, -0.2) is 59.2 Å². The lowest BCUT2D eigenvalue weighted by Crippen LogP contribution is -2.52. The van der Waals surface area contributed by atoms with E-state index < -0.39 is 52.8 Å². The minimum absolute atomic E-state index is 0.0631. The third-order valence-electron chi connectivity index (χ3n) is 10.3. The quantitative estimate of drug-likeness (QED) is 0.245. The van der Waals surface area contributed by atoms with Gasteiger partial charge in [0.15, 0.2) is 0 Å². The standard InChI is InChI=1S/C36H38F7N3O2/c1-22-18-29(37)10-11-30(22)32-31(45-16-13-34(14-17-45,24(3)47)26-8-6-5-7-9-26)12-15-46(32)33(48)44(4)23(2)25-19-27(35(38,39)40)21-28(20-25)36(41,42)43/h5-11,18-21,23,31-32H,12-17H2,1-4H3/t23-,31?,32?/m0/s1. The highest BCUT2D eigenvalue weighted by molar-refractivity contribution is 5.88. The van der Waals surface area contributed by atoms with Crippen molar-refractivity contribution < 1.29 is 40.3 Å². The summed E-state index contributed by atoms with van der Waals surface area (Å²) in [6.07, 6.45) is -8.42. The molecule has 2 fully saturated rings. The van der Waals surface area contributed by atoms with Gasteiger partial charge in [0.25, 0.3) is 0 Å². The molecule has 3 aromatic carbocycles. The van der Waals surface area contributed by atoms with Crippen molar-refractivity contribution in [3.05, 3.63) is 106 Å². The highest BCUT2D eigenvalue weighted by atomic mass is 19.4. The van der Waals surface area contributed by atoms with Gasteiger partial charge in [-0.25, -0.2) is 9.18 Å². The molecule has 0 radical (unpaired) electrons. The summed E-state index contributed by atoms with van der Waals surface area (Å²) in [5, 5.41) is 0. The van der Waals surface area contributed by atoms with E-state index in [2.05, 4.69) is 4.90 Å². The summed E-state index contributed by atoms with van der Waals surface area (Å²) in [4.78, 5) is 32.1. The molecular weight excluding hydrogens is 639 g/mol. The number of nitrogens with zero attached hydrogens (tertiary/aromatic N) is 3. The third-order valence-corrected chi connectivity index (χ3v) is 10.3. The van der Waals surface area contributed by atoms with E-state index in [0.717, 1.165) is 10.5 Å². The van der Waals surface area contributed by atoms with Gasteiger partial charge < -0.3 is 9.80 Å². The average molecular weight is 678 g/mol. The highest BCUT2D eigenvalue weighted by Crippen LogP contribution is 2.44. The Bertz CT molecular complexity index is 1620. The molecule has 2 saturated heterocycles. The molecule has 258 valence electrons. The minimum Gasteiger partial charge on any atom is -0.321 e. The molecular formula is C36H38F7N3O2. The van der Waals surface area contributed by atoms with Crippen molar-refractivity contribution in [2.75, 3.05) is 26.7 Å². The predicted molar refractivity (Wildman–Crippen MR) is 167 cm³/mol. The first-order chi connectivity index (χ1) is 22.4. The number of amides is 2. The number of likely N-dealkylation sites (tertiary alicyclic amines) is 2. The van der Waals surface area contributed by atoms with Crippen LogP contribution < -0.4 is 0 Å². The summed E-state index contributed by atoms with van der Waals surface area (Å²) in [6, 6.07) is 12.7. The minimum atomic E-state index is -5.03. The first kappa shape index (κ1) is 35.4. The first-order valence-corrected chi connectivity index (χ1v) is 15.8. The Labute approximate surface area is 275 Å². The fourth-order valence-corrected chi connectivity index (χ4v) is 7.37. The fraction of sp³-hybridized carbons (Fsp3) is 0.444. The van der Waals surface area contributed by atoms with Crippen molar-refractivity contribution in [1.82, 2.24) is 14.7 Å². The lowest BCUT2D eigenvalue weighted by molar-refractivity contribution is -0.143. The Morgan fingerprint density at radius 1 is 0.875 bits per heavy atom. The maximum atomic E-state index is 14.2. The number of ketones is 1. The Balaban J connectivity index is 1.45.